The van der Waals surface area contributed by atoms with E-state index in [-0.39, 0.29) is 12.6 Å². The van der Waals surface area contributed by atoms with Crippen LogP contribution in [0, 0.1) is 0 Å². The molecule has 4 heteroatoms. The van der Waals surface area contributed by atoms with E-state index in [1.165, 1.54) is 5.56 Å². The van der Waals surface area contributed by atoms with Gasteiger partial charge in [0.05, 0.1) is 26.4 Å². The van der Waals surface area contributed by atoms with Gasteiger partial charge in [-0.3, -0.25) is 0 Å². The average molecular weight is 250 g/mol. The molecule has 0 spiro atoms. The lowest BCUT2D eigenvalue weighted by molar-refractivity contribution is -0.0464. The molecule has 4 nitrogen and oxygen atoms in total. The Kier molecular flexibility index (Phi) is 3.90. The Hall–Kier alpha value is -0.940. The number of ether oxygens (including phenoxy) is 4. The summed E-state index contributed by atoms with van der Waals surface area (Å²) in [6.07, 6.45) is 1.68. The van der Waals surface area contributed by atoms with Gasteiger partial charge in [-0.2, -0.15) is 0 Å². The fourth-order valence-electron chi connectivity index (χ4n) is 2.25. The fourth-order valence-corrected chi connectivity index (χ4v) is 2.25. The van der Waals surface area contributed by atoms with E-state index in [0.29, 0.717) is 13.2 Å². The second kappa shape index (κ2) is 5.80. The highest BCUT2D eigenvalue weighted by Gasteiger charge is 2.18. The van der Waals surface area contributed by atoms with Gasteiger partial charge in [-0.25, -0.2) is 0 Å². The molecule has 0 atom stereocenters. The topological polar surface area (TPSA) is 36.9 Å². The van der Waals surface area contributed by atoms with Crippen molar-refractivity contribution < 1.29 is 18.9 Å². The summed E-state index contributed by atoms with van der Waals surface area (Å²) in [5, 5.41) is 0. The zero-order valence-corrected chi connectivity index (χ0v) is 10.3. The molecule has 1 aromatic carbocycles. The smallest absolute Gasteiger partial charge is 0.184 e. The summed E-state index contributed by atoms with van der Waals surface area (Å²) < 4.78 is 21.8. The summed E-state index contributed by atoms with van der Waals surface area (Å²) in [4.78, 5) is 0. The zero-order chi connectivity index (χ0) is 12.2. The third-order valence-electron chi connectivity index (χ3n) is 3.23. The van der Waals surface area contributed by atoms with Crippen LogP contribution in [0.25, 0.3) is 0 Å². The first-order valence-electron chi connectivity index (χ1n) is 6.47. The molecule has 0 radical (unpaired) electrons. The van der Waals surface area contributed by atoms with E-state index < -0.39 is 0 Å². The highest BCUT2D eigenvalue weighted by atomic mass is 16.7. The van der Waals surface area contributed by atoms with Crippen molar-refractivity contribution in [1.82, 2.24) is 0 Å². The number of aryl methyl sites for hydroxylation is 1. The standard InChI is InChI=1S/C14H18O4/c1-4-12(14-17-9-10-18-14)5-2-11(1)3-6-13-15-7-8-16-13/h1-2,4-5,13-14H,3,6-10H2. The van der Waals surface area contributed by atoms with Crippen LogP contribution in [-0.4, -0.2) is 32.7 Å². The van der Waals surface area contributed by atoms with Gasteiger partial charge in [0.2, 0.25) is 0 Å². The van der Waals surface area contributed by atoms with Gasteiger partial charge in [-0.1, -0.05) is 24.3 Å². The molecule has 2 aliphatic heterocycles. The third kappa shape index (κ3) is 2.90. The van der Waals surface area contributed by atoms with Crippen molar-refractivity contribution in [3.63, 3.8) is 0 Å². The molecule has 1 aromatic rings. The van der Waals surface area contributed by atoms with Crippen LogP contribution in [0.15, 0.2) is 24.3 Å². The third-order valence-corrected chi connectivity index (χ3v) is 3.23. The summed E-state index contributed by atoms with van der Waals surface area (Å²) in [7, 11) is 0. The molecule has 2 aliphatic rings. The van der Waals surface area contributed by atoms with Gasteiger partial charge < -0.3 is 18.9 Å². The predicted octanol–water partition coefficient (Wildman–Crippen LogP) is 2.04. The highest BCUT2D eigenvalue weighted by Crippen LogP contribution is 2.23. The van der Waals surface area contributed by atoms with Gasteiger partial charge in [-0.15, -0.1) is 0 Å². The monoisotopic (exact) mass is 250 g/mol. The maximum Gasteiger partial charge on any atom is 0.184 e. The Labute approximate surface area is 107 Å². The summed E-state index contributed by atoms with van der Waals surface area (Å²) in [6, 6.07) is 8.38. The van der Waals surface area contributed by atoms with E-state index in [1.54, 1.807) is 0 Å². The molecule has 0 unspecified atom stereocenters. The largest absolute Gasteiger partial charge is 0.350 e. The maximum absolute atomic E-state index is 5.46. The molecule has 3 rings (SSSR count). The van der Waals surface area contributed by atoms with Gasteiger partial charge in [0.25, 0.3) is 0 Å². The van der Waals surface area contributed by atoms with Crippen molar-refractivity contribution in [1.29, 1.82) is 0 Å². The molecule has 0 bridgehead atoms. The first-order chi connectivity index (χ1) is 8.92. The quantitative estimate of drug-likeness (QED) is 0.819. The van der Waals surface area contributed by atoms with Crippen LogP contribution in [0.1, 0.15) is 23.8 Å². The van der Waals surface area contributed by atoms with Gasteiger partial charge in [-0.05, 0) is 12.0 Å². The summed E-state index contributed by atoms with van der Waals surface area (Å²) in [5.41, 5.74) is 2.38. The first-order valence-corrected chi connectivity index (χ1v) is 6.47. The Morgan fingerprint density at radius 3 is 2.11 bits per heavy atom. The van der Waals surface area contributed by atoms with Gasteiger partial charge in [0.15, 0.2) is 12.6 Å². The number of rotatable bonds is 4. The molecule has 0 aromatic heterocycles. The van der Waals surface area contributed by atoms with Crippen molar-refractivity contribution in [2.45, 2.75) is 25.4 Å². The Morgan fingerprint density at radius 1 is 0.833 bits per heavy atom. The van der Waals surface area contributed by atoms with Crippen LogP contribution in [0.2, 0.25) is 0 Å². The van der Waals surface area contributed by atoms with Crippen LogP contribution >= 0.6 is 0 Å². The van der Waals surface area contributed by atoms with E-state index in [1.807, 2.05) is 0 Å². The van der Waals surface area contributed by atoms with Crippen LogP contribution < -0.4 is 0 Å². The molecule has 0 N–H and O–H groups in total. The Morgan fingerprint density at radius 2 is 1.44 bits per heavy atom. The molecule has 2 saturated heterocycles. The fraction of sp³-hybridized carbons (Fsp3) is 0.571. The van der Waals surface area contributed by atoms with E-state index in [4.69, 9.17) is 18.9 Å². The average Bonchev–Trinajstić information content (AvgIpc) is 3.10. The lowest BCUT2D eigenvalue weighted by atomic mass is 10.1. The lowest BCUT2D eigenvalue weighted by Gasteiger charge is -2.11. The minimum atomic E-state index is -0.180. The Bertz CT molecular complexity index is 364. The lowest BCUT2D eigenvalue weighted by Crippen LogP contribution is -2.08. The van der Waals surface area contributed by atoms with Gasteiger partial charge in [0.1, 0.15) is 0 Å². The van der Waals surface area contributed by atoms with Crippen molar-refractivity contribution in [3.8, 4) is 0 Å². The number of hydrogen-bond donors (Lipinski definition) is 0. The number of benzene rings is 1. The second-order valence-corrected chi connectivity index (χ2v) is 4.52. The predicted molar refractivity (Wildman–Crippen MR) is 65.1 cm³/mol. The maximum atomic E-state index is 5.46. The van der Waals surface area contributed by atoms with Crippen molar-refractivity contribution in [2.75, 3.05) is 26.4 Å². The van der Waals surface area contributed by atoms with Crippen LogP contribution in [0.3, 0.4) is 0 Å². The van der Waals surface area contributed by atoms with Gasteiger partial charge >= 0.3 is 0 Å². The summed E-state index contributed by atoms with van der Waals surface area (Å²) in [6.45, 7) is 2.81. The molecule has 0 saturated carbocycles. The SMILES string of the molecule is c1cc(C2OCCO2)ccc1CCC1OCCO1. The van der Waals surface area contributed by atoms with Crippen molar-refractivity contribution >= 4 is 0 Å². The Balaban J connectivity index is 1.53. The van der Waals surface area contributed by atoms with E-state index in [2.05, 4.69) is 24.3 Å². The summed E-state index contributed by atoms with van der Waals surface area (Å²) >= 11 is 0. The minimum absolute atomic E-state index is 0.0221. The first kappa shape index (κ1) is 12.1. The highest BCUT2D eigenvalue weighted by molar-refractivity contribution is 5.23. The van der Waals surface area contributed by atoms with Crippen LogP contribution in [-0.2, 0) is 25.4 Å². The van der Waals surface area contributed by atoms with Gasteiger partial charge in [0, 0.05) is 12.0 Å². The molecule has 2 heterocycles. The molecule has 18 heavy (non-hydrogen) atoms. The molecule has 2 fully saturated rings. The normalized spacial score (nSPS) is 21.8. The number of hydrogen-bond acceptors (Lipinski definition) is 4. The summed E-state index contributed by atoms with van der Waals surface area (Å²) in [5.74, 6) is 0. The van der Waals surface area contributed by atoms with Crippen LogP contribution in [0.5, 0.6) is 0 Å². The molecule has 0 amide bonds. The second-order valence-electron chi connectivity index (χ2n) is 4.52. The zero-order valence-electron chi connectivity index (χ0n) is 10.3. The molecular formula is C14H18O4. The van der Waals surface area contributed by atoms with E-state index >= 15 is 0 Å². The van der Waals surface area contributed by atoms with E-state index in [0.717, 1.165) is 31.6 Å². The molecule has 98 valence electrons. The van der Waals surface area contributed by atoms with Crippen molar-refractivity contribution in [2.24, 2.45) is 0 Å². The minimum Gasteiger partial charge on any atom is -0.350 e. The van der Waals surface area contributed by atoms with E-state index in [9.17, 15) is 0 Å². The van der Waals surface area contributed by atoms with Crippen molar-refractivity contribution in [3.05, 3.63) is 35.4 Å². The van der Waals surface area contributed by atoms with Crippen LogP contribution in [0.4, 0.5) is 0 Å². The molecular weight excluding hydrogens is 232 g/mol. The molecule has 0 aliphatic carbocycles.